The normalized spacial score (nSPS) is 24.8. The Morgan fingerprint density at radius 1 is 1.17 bits per heavy atom. The van der Waals surface area contributed by atoms with Crippen LogP contribution in [0.5, 0.6) is 5.88 Å². The van der Waals surface area contributed by atoms with E-state index in [2.05, 4.69) is 41.1 Å². The van der Waals surface area contributed by atoms with E-state index in [1.165, 1.54) is 15.8 Å². The number of anilines is 2. The van der Waals surface area contributed by atoms with Crippen LogP contribution >= 0.6 is 0 Å². The molecule has 254 valence electrons. The molecule has 3 atom stereocenters. The number of β-amino-alcohol motifs (C(OH)–C–C–N with tert-alkyl or cyclic N) is 1. The lowest BCUT2D eigenvalue weighted by Gasteiger charge is -2.38. The Morgan fingerprint density at radius 3 is 2.73 bits per heavy atom. The first kappa shape index (κ1) is 30.8. The fourth-order valence-corrected chi connectivity index (χ4v) is 7.47. The van der Waals surface area contributed by atoms with Crippen molar-refractivity contribution < 1.29 is 37.7 Å². The van der Waals surface area contributed by atoms with Crippen LogP contribution in [-0.4, -0.2) is 116 Å². The first-order valence-electron chi connectivity index (χ1n) is 16.1. The number of aliphatic hydroxyl groups is 1. The number of hydrogen-bond donors (Lipinski definition) is 4. The lowest BCUT2D eigenvalue weighted by Crippen LogP contribution is -2.48. The van der Waals surface area contributed by atoms with E-state index in [0.717, 1.165) is 0 Å². The van der Waals surface area contributed by atoms with E-state index in [-0.39, 0.29) is 72.5 Å². The molecule has 6 heterocycles. The van der Waals surface area contributed by atoms with Crippen molar-refractivity contribution >= 4 is 40.6 Å². The number of nitrogens with zero attached hydrogens (tertiary/aromatic N) is 7. The number of rotatable bonds is 7. The number of carbonyl (C=O) groups is 3. The number of carbonyl (C=O) groups excluding carboxylic acids is 3. The van der Waals surface area contributed by atoms with E-state index in [4.69, 9.17) is 9.47 Å². The molecule has 2 aromatic heterocycles. The van der Waals surface area contributed by atoms with Gasteiger partial charge in [0.2, 0.25) is 5.91 Å². The van der Waals surface area contributed by atoms with Gasteiger partial charge in [0.25, 0.3) is 11.8 Å². The number of aromatic nitrogens is 5. The predicted molar refractivity (Wildman–Crippen MR) is 162 cm³/mol. The van der Waals surface area contributed by atoms with E-state index < -0.39 is 35.5 Å². The van der Waals surface area contributed by atoms with Crippen molar-refractivity contribution in [1.82, 2.24) is 40.5 Å². The van der Waals surface area contributed by atoms with Gasteiger partial charge in [0.1, 0.15) is 11.1 Å². The third-order valence-electron chi connectivity index (χ3n) is 9.93. The van der Waals surface area contributed by atoms with Crippen LogP contribution in [0, 0.1) is 17.6 Å². The van der Waals surface area contributed by atoms with Gasteiger partial charge in [0.15, 0.2) is 35.4 Å². The van der Waals surface area contributed by atoms with Gasteiger partial charge in [-0.1, -0.05) is 5.21 Å². The third kappa shape index (κ3) is 5.46. The number of piperidine rings is 1. The molecule has 0 bridgehead atoms. The molecule has 1 spiro atoms. The molecule has 16 nitrogen and oxygen atoms in total. The van der Waals surface area contributed by atoms with Crippen LogP contribution in [0.4, 0.5) is 25.2 Å². The molecular weight excluding hydrogens is 634 g/mol. The Labute approximate surface area is 272 Å². The van der Waals surface area contributed by atoms with Crippen molar-refractivity contribution in [3.63, 3.8) is 0 Å². The number of likely N-dealkylation sites (tertiary alicyclic amines) is 1. The van der Waals surface area contributed by atoms with Gasteiger partial charge >= 0.3 is 6.09 Å². The second kappa shape index (κ2) is 11.9. The van der Waals surface area contributed by atoms with Crippen LogP contribution in [0.3, 0.4) is 0 Å². The molecule has 4 aliphatic heterocycles. The van der Waals surface area contributed by atoms with Crippen LogP contribution in [-0.2, 0) is 33.7 Å². The third-order valence-corrected chi connectivity index (χ3v) is 9.93. The molecule has 18 heteroatoms. The van der Waals surface area contributed by atoms with Gasteiger partial charge in [0.05, 0.1) is 31.4 Å². The smallest absolute Gasteiger partial charge is 0.416 e. The maximum Gasteiger partial charge on any atom is 0.416 e. The Morgan fingerprint density at radius 2 is 1.96 bits per heavy atom. The quantitative estimate of drug-likeness (QED) is 0.262. The zero-order chi connectivity index (χ0) is 33.2. The minimum Gasteiger partial charge on any atom is -0.465 e. The SMILES string of the molecule is O=C1COc2ncc(N3CC4(CCN(CC5Cc6c(c(F)c7c(nnn7CCNC(=O)C7CC(O)CN7)c6F)C5)CC4)OC3=O)nc2N1. The summed E-state index contributed by atoms with van der Waals surface area (Å²) in [5.41, 5.74) is -0.168. The fourth-order valence-electron chi connectivity index (χ4n) is 7.47. The van der Waals surface area contributed by atoms with Crippen LogP contribution < -0.4 is 25.6 Å². The maximum atomic E-state index is 15.9. The Bertz CT molecular complexity index is 1810. The lowest BCUT2D eigenvalue weighted by molar-refractivity contribution is -0.123. The standard InChI is InChI=1S/C30H34F2N10O6/c31-22-17-7-15(8-18(17)23(32)25-24(22)38-39-42(25)6-3-33-27(45)19-9-16(43)10-34-19)12-40-4-1-30(2-5-40)14-41(29(46)48-30)20-11-35-28-26(36-20)37-21(44)13-47-28/h11,15-16,19,34,43H,1-10,12-14H2,(H,33,45)(H,36,37,44). The zero-order valence-corrected chi connectivity index (χ0v) is 25.9. The molecule has 0 saturated carbocycles. The topological polar surface area (TPSA) is 189 Å². The molecule has 4 N–H and O–H groups in total. The Balaban J connectivity index is 0.880. The van der Waals surface area contributed by atoms with Crippen molar-refractivity contribution in [2.75, 3.05) is 56.1 Å². The summed E-state index contributed by atoms with van der Waals surface area (Å²) in [4.78, 5) is 49.1. The van der Waals surface area contributed by atoms with Crippen LogP contribution in [0.2, 0.25) is 0 Å². The second-order valence-corrected chi connectivity index (χ2v) is 13.2. The number of aliphatic hydroxyl groups excluding tert-OH is 1. The highest BCUT2D eigenvalue weighted by Crippen LogP contribution is 2.39. The van der Waals surface area contributed by atoms with Crippen molar-refractivity contribution in [3.05, 3.63) is 29.0 Å². The summed E-state index contributed by atoms with van der Waals surface area (Å²) in [7, 11) is 0. The van der Waals surface area contributed by atoms with Crippen molar-refractivity contribution in [3.8, 4) is 5.88 Å². The second-order valence-electron chi connectivity index (χ2n) is 13.2. The van der Waals surface area contributed by atoms with Crippen LogP contribution in [0.25, 0.3) is 11.0 Å². The molecular formula is C30H34F2N10O6. The Hall–Kier alpha value is -4.55. The number of ether oxygens (including phenoxy) is 2. The fraction of sp³-hybridized carbons (Fsp3) is 0.567. The lowest BCUT2D eigenvalue weighted by atomic mass is 9.90. The molecule has 48 heavy (non-hydrogen) atoms. The summed E-state index contributed by atoms with van der Waals surface area (Å²) >= 11 is 0. The molecule has 5 aliphatic rings. The average Bonchev–Trinajstić information content (AvgIpc) is 3.87. The Kier molecular flexibility index (Phi) is 7.59. The van der Waals surface area contributed by atoms with Gasteiger partial charge < -0.3 is 35.4 Å². The largest absolute Gasteiger partial charge is 0.465 e. The summed E-state index contributed by atoms with van der Waals surface area (Å²) in [6.07, 6.45) is 2.52. The highest BCUT2D eigenvalue weighted by Gasteiger charge is 2.48. The predicted octanol–water partition coefficient (Wildman–Crippen LogP) is -0.124. The molecule has 3 fully saturated rings. The molecule has 1 aromatic carbocycles. The summed E-state index contributed by atoms with van der Waals surface area (Å²) in [6.45, 7) is 2.64. The molecule has 8 rings (SSSR count). The molecule has 3 unspecified atom stereocenters. The van der Waals surface area contributed by atoms with E-state index in [1.54, 1.807) is 0 Å². The molecule has 3 amide bonds. The minimum atomic E-state index is -0.703. The van der Waals surface area contributed by atoms with Crippen LogP contribution in [0.15, 0.2) is 6.20 Å². The number of fused-ring (bicyclic) bond motifs is 3. The number of benzene rings is 1. The number of amides is 3. The summed E-state index contributed by atoms with van der Waals surface area (Å²) < 4.78 is 43.9. The van der Waals surface area contributed by atoms with Gasteiger partial charge in [-0.3, -0.25) is 14.5 Å². The van der Waals surface area contributed by atoms with Crippen molar-refractivity contribution in [1.29, 1.82) is 0 Å². The zero-order valence-electron chi connectivity index (χ0n) is 25.9. The highest BCUT2D eigenvalue weighted by molar-refractivity contribution is 5.95. The van der Waals surface area contributed by atoms with E-state index in [9.17, 15) is 19.5 Å². The summed E-state index contributed by atoms with van der Waals surface area (Å²) in [5.74, 6) is -1.13. The van der Waals surface area contributed by atoms with Gasteiger partial charge in [-0.2, -0.15) is 0 Å². The summed E-state index contributed by atoms with van der Waals surface area (Å²) in [5, 5.41) is 25.8. The van der Waals surface area contributed by atoms with Crippen molar-refractivity contribution in [2.45, 2.75) is 56.4 Å². The maximum absolute atomic E-state index is 15.9. The van der Waals surface area contributed by atoms with E-state index in [0.29, 0.717) is 69.4 Å². The number of halogens is 2. The summed E-state index contributed by atoms with van der Waals surface area (Å²) in [6, 6.07) is -0.493. The highest BCUT2D eigenvalue weighted by atomic mass is 19.1. The average molecular weight is 669 g/mol. The number of nitrogens with one attached hydrogen (secondary N) is 3. The monoisotopic (exact) mass is 668 g/mol. The van der Waals surface area contributed by atoms with Crippen LogP contribution in [0.1, 0.15) is 30.4 Å². The van der Waals surface area contributed by atoms with Crippen molar-refractivity contribution in [2.24, 2.45) is 5.92 Å². The van der Waals surface area contributed by atoms with E-state index >= 15 is 8.78 Å². The molecule has 1 aliphatic carbocycles. The molecule has 3 saturated heterocycles. The molecule has 3 aromatic rings. The first-order chi connectivity index (χ1) is 23.2. The van der Waals surface area contributed by atoms with Gasteiger partial charge in [0, 0.05) is 45.6 Å². The van der Waals surface area contributed by atoms with Gasteiger partial charge in [-0.05, 0) is 36.3 Å². The number of hydrogen-bond acceptors (Lipinski definition) is 12. The first-order valence-corrected chi connectivity index (χ1v) is 16.1. The van der Waals surface area contributed by atoms with E-state index in [1.807, 2.05) is 0 Å². The van der Waals surface area contributed by atoms with Gasteiger partial charge in [-0.25, -0.2) is 28.2 Å². The minimum absolute atomic E-state index is 0.00894. The molecule has 0 radical (unpaired) electrons. The van der Waals surface area contributed by atoms with Gasteiger partial charge in [-0.15, -0.1) is 5.10 Å².